The van der Waals surface area contributed by atoms with E-state index in [1.165, 1.54) is 0 Å². The van der Waals surface area contributed by atoms with Gasteiger partial charge in [-0.2, -0.15) is 0 Å². The van der Waals surface area contributed by atoms with Gasteiger partial charge < -0.3 is 24.4 Å². The molecule has 2 fully saturated rings. The fourth-order valence-electron chi connectivity index (χ4n) is 5.55. The van der Waals surface area contributed by atoms with Gasteiger partial charge in [0.2, 0.25) is 5.91 Å². The van der Waals surface area contributed by atoms with Crippen LogP contribution in [0.4, 0.5) is 0 Å². The SMILES string of the molecule is COc1ccc(C(=O)N2CCC3(CC2)OC[C@@H](C(=O)N[C@H](C)c2ccccc2)N3C(=O)c2ccc(OC)cc2)cc1. The molecule has 0 saturated carbocycles. The molecule has 0 bridgehead atoms. The molecule has 2 atom stereocenters. The van der Waals surface area contributed by atoms with E-state index in [9.17, 15) is 14.4 Å². The number of benzene rings is 3. The lowest BCUT2D eigenvalue weighted by Crippen LogP contribution is -2.60. The van der Waals surface area contributed by atoms with Gasteiger partial charge in [0.25, 0.3) is 11.8 Å². The van der Waals surface area contributed by atoms with Gasteiger partial charge in [0, 0.05) is 37.1 Å². The number of hydrogen-bond acceptors (Lipinski definition) is 6. The predicted octanol–water partition coefficient (Wildman–Crippen LogP) is 4.05. The molecule has 3 amide bonds. The second-order valence-electron chi connectivity index (χ2n) is 10.3. The van der Waals surface area contributed by atoms with Crippen LogP contribution in [0.3, 0.4) is 0 Å². The lowest BCUT2D eigenvalue weighted by Gasteiger charge is -2.44. The van der Waals surface area contributed by atoms with Gasteiger partial charge >= 0.3 is 0 Å². The topological polar surface area (TPSA) is 97.4 Å². The number of rotatable bonds is 7. The Labute approximate surface area is 240 Å². The van der Waals surface area contributed by atoms with Crippen molar-refractivity contribution in [2.24, 2.45) is 0 Å². The molecule has 1 N–H and O–H groups in total. The number of carbonyl (C=O) groups is 3. The first-order valence-electron chi connectivity index (χ1n) is 13.8. The van der Waals surface area contributed by atoms with Crippen LogP contribution in [0.25, 0.3) is 0 Å². The Bertz CT molecular complexity index is 1370. The van der Waals surface area contributed by atoms with E-state index in [1.54, 1.807) is 72.6 Å². The Kier molecular flexibility index (Phi) is 8.26. The molecule has 3 aromatic rings. The lowest BCUT2D eigenvalue weighted by molar-refractivity contribution is -0.128. The summed E-state index contributed by atoms with van der Waals surface area (Å²) in [6.07, 6.45) is 0.767. The fourth-order valence-corrected chi connectivity index (χ4v) is 5.55. The van der Waals surface area contributed by atoms with Gasteiger partial charge in [0.15, 0.2) is 0 Å². The number of nitrogens with zero attached hydrogens (tertiary/aromatic N) is 2. The number of hydrogen-bond donors (Lipinski definition) is 1. The molecule has 0 aromatic heterocycles. The summed E-state index contributed by atoms with van der Waals surface area (Å²) in [4.78, 5) is 44.2. The molecule has 5 rings (SSSR count). The largest absolute Gasteiger partial charge is 0.497 e. The van der Waals surface area contributed by atoms with E-state index in [0.717, 1.165) is 5.56 Å². The van der Waals surface area contributed by atoms with E-state index in [-0.39, 0.29) is 30.4 Å². The highest BCUT2D eigenvalue weighted by Crippen LogP contribution is 2.39. The van der Waals surface area contributed by atoms with Gasteiger partial charge in [-0.25, -0.2) is 0 Å². The van der Waals surface area contributed by atoms with Crippen LogP contribution >= 0.6 is 0 Å². The molecule has 9 nitrogen and oxygen atoms in total. The second-order valence-corrected chi connectivity index (χ2v) is 10.3. The Hall–Kier alpha value is -4.37. The van der Waals surface area contributed by atoms with Gasteiger partial charge in [-0.1, -0.05) is 30.3 Å². The van der Waals surface area contributed by atoms with Crippen LogP contribution < -0.4 is 14.8 Å². The summed E-state index contributed by atoms with van der Waals surface area (Å²) in [6, 6.07) is 22.4. The van der Waals surface area contributed by atoms with E-state index in [0.29, 0.717) is 48.6 Å². The highest BCUT2D eigenvalue weighted by Gasteiger charge is 2.54. The third-order valence-electron chi connectivity index (χ3n) is 7.95. The van der Waals surface area contributed by atoms with E-state index < -0.39 is 11.8 Å². The first-order chi connectivity index (χ1) is 19.8. The predicted molar refractivity (Wildman–Crippen MR) is 153 cm³/mol. The average molecular weight is 558 g/mol. The maximum atomic E-state index is 14.0. The summed E-state index contributed by atoms with van der Waals surface area (Å²) in [6.45, 7) is 2.75. The fraction of sp³-hybridized carbons (Fsp3) is 0.344. The Morgan fingerprint density at radius 2 is 1.37 bits per heavy atom. The van der Waals surface area contributed by atoms with Crippen LogP contribution in [0, 0.1) is 0 Å². The van der Waals surface area contributed by atoms with Gasteiger partial charge in [0.1, 0.15) is 23.3 Å². The van der Waals surface area contributed by atoms with Crippen LogP contribution in [-0.2, 0) is 9.53 Å². The first kappa shape index (κ1) is 28.2. The molecule has 1 spiro atoms. The number of nitrogens with one attached hydrogen (secondary N) is 1. The van der Waals surface area contributed by atoms with E-state index >= 15 is 0 Å². The Morgan fingerprint density at radius 1 is 0.829 bits per heavy atom. The van der Waals surface area contributed by atoms with Gasteiger partial charge in [0.05, 0.1) is 26.9 Å². The molecule has 2 aliphatic rings. The minimum Gasteiger partial charge on any atom is -0.497 e. The van der Waals surface area contributed by atoms with Crippen molar-refractivity contribution < 1.29 is 28.6 Å². The zero-order valence-corrected chi connectivity index (χ0v) is 23.5. The van der Waals surface area contributed by atoms with Crippen molar-refractivity contribution in [3.63, 3.8) is 0 Å². The van der Waals surface area contributed by atoms with Crippen molar-refractivity contribution in [2.45, 2.75) is 37.6 Å². The van der Waals surface area contributed by atoms with Crippen LogP contribution in [0.5, 0.6) is 11.5 Å². The molecule has 2 saturated heterocycles. The monoisotopic (exact) mass is 557 g/mol. The number of carbonyl (C=O) groups excluding carboxylic acids is 3. The van der Waals surface area contributed by atoms with Gasteiger partial charge in [-0.3, -0.25) is 19.3 Å². The Balaban J connectivity index is 1.37. The zero-order chi connectivity index (χ0) is 29.0. The molecular formula is C32H35N3O6. The van der Waals surface area contributed by atoms with Crippen molar-refractivity contribution in [3.8, 4) is 11.5 Å². The Morgan fingerprint density at radius 3 is 1.90 bits per heavy atom. The summed E-state index contributed by atoms with van der Waals surface area (Å²) in [7, 11) is 3.15. The standard InChI is InChI=1S/C32H35N3O6/c1-22(23-7-5-4-6-8-23)33-29(36)28-21-41-32(35(28)31(38)25-11-15-27(40-3)16-12-25)17-19-34(20-18-32)30(37)24-9-13-26(39-2)14-10-24/h4-16,22,28H,17-21H2,1-3H3,(H,33,36)/t22-,28+/m1/s1. The number of ether oxygens (including phenoxy) is 3. The minimum atomic E-state index is -1.01. The number of piperidine rings is 1. The lowest BCUT2D eigenvalue weighted by atomic mass is 9.96. The minimum absolute atomic E-state index is 0.0711. The summed E-state index contributed by atoms with van der Waals surface area (Å²) in [5.74, 6) is 0.631. The third kappa shape index (κ3) is 5.76. The van der Waals surface area contributed by atoms with Crippen LogP contribution in [0.1, 0.15) is 52.1 Å². The zero-order valence-electron chi connectivity index (χ0n) is 23.5. The molecule has 214 valence electrons. The van der Waals surface area contributed by atoms with Crippen molar-refractivity contribution in [3.05, 3.63) is 95.6 Å². The van der Waals surface area contributed by atoms with Crippen molar-refractivity contribution in [2.75, 3.05) is 33.9 Å². The third-order valence-corrected chi connectivity index (χ3v) is 7.95. The number of methoxy groups -OCH3 is 2. The normalized spacial score (nSPS) is 18.6. The highest BCUT2D eigenvalue weighted by atomic mass is 16.5. The summed E-state index contributed by atoms with van der Waals surface area (Å²) in [5.41, 5.74) is 0.952. The molecular weight excluding hydrogens is 522 g/mol. The smallest absolute Gasteiger partial charge is 0.256 e. The molecule has 0 aliphatic carbocycles. The van der Waals surface area contributed by atoms with E-state index in [2.05, 4.69) is 5.32 Å². The molecule has 0 unspecified atom stereocenters. The number of likely N-dealkylation sites (tertiary alicyclic amines) is 1. The molecule has 9 heteroatoms. The first-order valence-corrected chi connectivity index (χ1v) is 13.8. The van der Waals surface area contributed by atoms with Crippen LogP contribution in [0.2, 0.25) is 0 Å². The van der Waals surface area contributed by atoms with Crippen molar-refractivity contribution in [1.29, 1.82) is 0 Å². The van der Waals surface area contributed by atoms with Gasteiger partial charge in [-0.05, 0) is 61.0 Å². The highest BCUT2D eigenvalue weighted by molar-refractivity contribution is 5.99. The van der Waals surface area contributed by atoms with Crippen LogP contribution in [0.15, 0.2) is 78.9 Å². The van der Waals surface area contributed by atoms with E-state index in [1.807, 2.05) is 37.3 Å². The van der Waals surface area contributed by atoms with Crippen molar-refractivity contribution in [1.82, 2.24) is 15.1 Å². The van der Waals surface area contributed by atoms with Gasteiger partial charge in [-0.15, -0.1) is 0 Å². The van der Waals surface area contributed by atoms with Crippen LogP contribution in [-0.4, -0.2) is 73.2 Å². The molecule has 3 aromatic carbocycles. The quantitative estimate of drug-likeness (QED) is 0.471. The van der Waals surface area contributed by atoms with Crippen molar-refractivity contribution >= 4 is 17.7 Å². The summed E-state index contributed by atoms with van der Waals surface area (Å²) < 4.78 is 16.8. The molecule has 2 aliphatic heterocycles. The molecule has 2 heterocycles. The van der Waals surface area contributed by atoms with E-state index in [4.69, 9.17) is 14.2 Å². The summed E-state index contributed by atoms with van der Waals surface area (Å²) in [5, 5.41) is 3.06. The second kappa shape index (κ2) is 12.0. The maximum absolute atomic E-state index is 14.0. The molecule has 41 heavy (non-hydrogen) atoms. The average Bonchev–Trinajstić information content (AvgIpc) is 3.39. The number of amides is 3. The summed E-state index contributed by atoms with van der Waals surface area (Å²) >= 11 is 0. The molecule has 0 radical (unpaired) electrons. The maximum Gasteiger partial charge on any atom is 0.256 e.